The van der Waals surface area contributed by atoms with Crippen molar-refractivity contribution in [1.82, 2.24) is 10.6 Å². The highest BCUT2D eigenvalue weighted by molar-refractivity contribution is 5.78. The third kappa shape index (κ3) is 4.55. The van der Waals surface area contributed by atoms with Crippen molar-refractivity contribution >= 4 is 5.91 Å². The van der Waals surface area contributed by atoms with Gasteiger partial charge in [0.2, 0.25) is 5.91 Å². The van der Waals surface area contributed by atoms with Gasteiger partial charge in [-0.3, -0.25) is 4.79 Å². The average molecular weight is 304 g/mol. The van der Waals surface area contributed by atoms with Crippen LogP contribution in [0.15, 0.2) is 24.3 Å². The van der Waals surface area contributed by atoms with Crippen LogP contribution in [0.4, 0.5) is 0 Å². The van der Waals surface area contributed by atoms with Gasteiger partial charge in [0.25, 0.3) is 0 Å². The van der Waals surface area contributed by atoms with E-state index in [9.17, 15) is 9.90 Å². The Kier molecular flexibility index (Phi) is 5.59. The van der Waals surface area contributed by atoms with E-state index in [-0.39, 0.29) is 23.8 Å². The zero-order valence-electron chi connectivity index (χ0n) is 13.9. The number of carbonyl (C=O) groups is 1. The molecule has 4 heteroatoms. The maximum absolute atomic E-state index is 12.1. The van der Waals surface area contributed by atoms with Crippen molar-refractivity contribution in [1.29, 1.82) is 0 Å². The SMILES string of the molecule is CC(C)(C)c1ccc(C(O)CNC(=O)C2CCNCC2)cc1. The molecule has 1 aliphatic rings. The normalized spacial score (nSPS) is 18.0. The van der Waals surface area contributed by atoms with Crippen LogP contribution in [-0.4, -0.2) is 30.6 Å². The number of amides is 1. The summed E-state index contributed by atoms with van der Waals surface area (Å²) in [6.07, 6.45) is 1.10. The summed E-state index contributed by atoms with van der Waals surface area (Å²) in [5.74, 6) is 0.142. The maximum atomic E-state index is 12.1. The Morgan fingerprint density at radius 2 is 1.86 bits per heavy atom. The Labute approximate surface area is 133 Å². The van der Waals surface area contributed by atoms with E-state index in [1.165, 1.54) is 5.56 Å². The van der Waals surface area contributed by atoms with Crippen molar-refractivity contribution in [2.45, 2.75) is 45.1 Å². The predicted octanol–water partition coefficient (Wildman–Crippen LogP) is 2.13. The monoisotopic (exact) mass is 304 g/mol. The van der Waals surface area contributed by atoms with Crippen molar-refractivity contribution in [3.63, 3.8) is 0 Å². The van der Waals surface area contributed by atoms with Gasteiger partial charge in [-0.05, 0) is 42.5 Å². The lowest BCUT2D eigenvalue weighted by Crippen LogP contribution is -2.39. The molecule has 22 heavy (non-hydrogen) atoms. The van der Waals surface area contributed by atoms with Gasteiger partial charge in [0, 0.05) is 12.5 Å². The van der Waals surface area contributed by atoms with Crippen LogP contribution in [0.3, 0.4) is 0 Å². The Morgan fingerprint density at radius 1 is 1.27 bits per heavy atom. The molecular weight excluding hydrogens is 276 g/mol. The molecule has 1 aliphatic heterocycles. The molecule has 0 bridgehead atoms. The van der Waals surface area contributed by atoms with Crippen molar-refractivity contribution in [2.24, 2.45) is 5.92 Å². The molecule has 1 aromatic rings. The Bertz CT molecular complexity index is 485. The fourth-order valence-electron chi connectivity index (χ4n) is 2.75. The molecule has 2 rings (SSSR count). The fraction of sp³-hybridized carbons (Fsp3) is 0.611. The summed E-state index contributed by atoms with van der Waals surface area (Å²) < 4.78 is 0. The summed E-state index contributed by atoms with van der Waals surface area (Å²) in [6.45, 7) is 8.56. The number of rotatable bonds is 4. The fourth-order valence-corrected chi connectivity index (χ4v) is 2.75. The minimum Gasteiger partial charge on any atom is -0.387 e. The molecule has 1 unspecified atom stereocenters. The highest BCUT2D eigenvalue weighted by Gasteiger charge is 2.21. The van der Waals surface area contributed by atoms with Crippen LogP contribution in [0.25, 0.3) is 0 Å². The number of carbonyl (C=O) groups excluding carboxylic acids is 1. The smallest absolute Gasteiger partial charge is 0.223 e. The first-order valence-corrected chi connectivity index (χ1v) is 8.15. The van der Waals surface area contributed by atoms with E-state index in [0.29, 0.717) is 0 Å². The van der Waals surface area contributed by atoms with Crippen LogP contribution in [0.5, 0.6) is 0 Å². The van der Waals surface area contributed by atoms with Gasteiger partial charge >= 0.3 is 0 Å². The van der Waals surface area contributed by atoms with Crippen molar-refractivity contribution in [3.8, 4) is 0 Å². The molecule has 1 fully saturated rings. The molecule has 1 saturated heterocycles. The van der Waals surface area contributed by atoms with Crippen LogP contribution in [0, 0.1) is 5.92 Å². The second-order valence-electron chi connectivity index (χ2n) is 7.16. The first-order valence-electron chi connectivity index (χ1n) is 8.15. The minimum absolute atomic E-state index is 0.0619. The summed E-state index contributed by atoms with van der Waals surface area (Å²) in [6, 6.07) is 7.99. The quantitative estimate of drug-likeness (QED) is 0.798. The van der Waals surface area contributed by atoms with Gasteiger partial charge in [0.15, 0.2) is 0 Å². The first-order chi connectivity index (χ1) is 10.4. The van der Waals surface area contributed by atoms with Gasteiger partial charge < -0.3 is 15.7 Å². The molecule has 0 aliphatic carbocycles. The highest BCUT2D eigenvalue weighted by atomic mass is 16.3. The lowest BCUT2D eigenvalue weighted by Gasteiger charge is -2.23. The second-order valence-corrected chi connectivity index (χ2v) is 7.16. The lowest BCUT2D eigenvalue weighted by molar-refractivity contribution is -0.126. The Balaban J connectivity index is 1.86. The topological polar surface area (TPSA) is 61.4 Å². The number of hydrogen-bond acceptors (Lipinski definition) is 3. The zero-order chi connectivity index (χ0) is 16.2. The largest absolute Gasteiger partial charge is 0.387 e. The number of aliphatic hydroxyl groups is 1. The van der Waals surface area contributed by atoms with Crippen molar-refractivity contribution < 1.29 is 9.90 Å². The molecule has 0 spiro atoms. The third-order valence-corrected chi connectivity index (χ3v) is 4.34. The van der Waals surface area contributed by atoms with Crippen molar-refractivity contribution in [2.75, 3.05) is 19.6 Å². The van der Waals surface area contributed by atoms with Crippen LogP contribution in [-0.2, 0) is 10.2 Å². The molecule has 0 saturated carbocycles. The van der Waals surface area contributed by atoms with Crippen LogP contribution in [0.2, 0.25) is 0 Å². The Hall–Kier alpha value is -1.39. The molecular formula is C18H28N2O2. The first kappa shape index (κ1) is 17.0. The van der Waals surface area contributed by atoms with Gasteiger partial charge in [-0.25, -0.2) is 0 Å². The molecule has 4 nitrogen and oxygen atoms in total. The minimum atomic E-state index is -0.653. The molecule has 1 aromatic carbocycles. The van der Waals surface area contributed by atoms with E-state index >= 15 is 0 Å². The van der Waals surface area contributed by atoms with Gasteiger partial charge in [0.05, 0.1) is 6.10 Å². The van der Waals surface area contributed by atoms with E-state index in [1.807, 2.05) is 24.3 Å². The molecule has 1 heterocycles. The van der Waals surface area contributed by atoms with E-state index in [1.54, 1.807) is 0 Å². The summed E-state index contributed by atoms with van der Waals surface area (Å²) in [4.78, 5) is 12.1. The number of nitrogens with one attached hydrogen (secondary N) is 2. The van der Waals surface area contributed by atoms with Gasteiger partial charge in [0.1, 0.15) is 0 Å². The van der Waals surface area contributed by atoms with E-state index < -0.39 is 6.10 Å². The molecule has 3 N–H and O–H groups in total. The third-order valence-electron chi connectivity index (χ3n) is 4.34. The summed E-state index contributed by atoms with van der Waals surface area (Å²) in [5, 5.41) is 16.4. The summed E-state index contributed by atoms with van der Waals surface area (Å²) >= 11 is 0. The molecule has 1 amide bonds. The summed E-state index contributed by atoms with van der Waals surface area (Å²) in [7, 11) is 0. The van der Waals surface area contributed by atoms with Gasteiger partial charge in [-0.1, -0.05) is 45.0 Å². The van der Waals surface area contributed by atoms with Crippen LogP contribution >= 0.6 is 0 Å². The summed E-state index contributed by atoms with van der Waals surface area (Å²) in [5.41, 5.74) is 2.19. The van der Waals surface area contributed by atoms with Crippen LogP contribution < -0.4 is 10.6 Å². The molecule has 1 atom stereocenters. The molecule has 122 valence electrons. The van der Waals surface area contributed by atoms with E-state index in [4.69, 9.17) is 0 Å². The van der Waals surface area contributed by atoms with Gasteiger partial charge in [-0.15, -0.1) is 0 Å². The molecule has 0 radical (unpaired) electrons. The average Bonchev–Trinajstić information content (AvgIpc) is 2.52. The standard InChI is InChI=1S/C18H28N2O2/c1-18(2,3)15-6-4-13(5-7-15)16(21)12-20-17(22)14-8-10-19-11-9-14/h4-7,14,16,19,21H,8-12H2,1-3H3,(H,20,22). The number of aliphatic hydroxyl groups excluding tert-OH is 1. The number of benzene rings is 1. The Morgan fingerprint density at radius 3 is 2.41 bits per heavy atom. The molecule has 0 aromatic heterocycles. The predicted molar refractivity (Wildman–Crippen MR) is 88.7 cm³/mol. The van der Waals surface area contributed by atoms with Crippen LogP contribution in [0.1, 0.15) is 50.8 Å². The second kappa shape index (κ2) is 7.25. The number of hydrogen-bond donors (Lipinski definition) is 3. The van der Waals surface area contributed by atoms with Gasteiger partial charge in [-0.2, -0.15) is 0 Å². The maximum Gasteiger partial charge on any atom is 0.223 e. The zero-order valence-corrected chi connectivity index (χ0v) is 13.9. The van der Waals surface area contributed by atoms with E-state index in [2.05, 4.69) is 31.4 Å². The lowest BCUT2D eigenvalue weighted by atomic mass is 9.86. The van der Waals surface area contributed by atoms with E-state index in [0.717, 1.165) is 31.5 Å². The highest BCUT2D eigenvalue weighted by Crippen LogP contribution is 2.24. The van der Waals surface area contributed by atoms with Crippen molar-refractivity contribution in [3.05, 3.63) is 35.4 Å². The number of piperidine rings is 1.